The molecule has 0 bridgehead atoms. The molecule has 0 aromatic carbocycles. The van der Waals surface area contributed by atoms with Gasteiger partial charge in [0.15, 0.2) is 0 Å². The summed E-state index contributed by atoms with van der Waals surface area (Å²) in [5, 5.41) is 0. The van der Waals surface area contributed by atoms with E-state index in [0.29, 0.717) is 0 Å². The molecule has 1 aromatic rings. The Morgan fingerprint density at radius 2 is 2.07 bits per heavy atom. The summed E-state index contributed by atoms with van der Waals surface area (Å²) >= 11 is 0. The fraction of sp³-hybridized carbons (Fsp3) is 0.583. The van der Waals surface area contributed by atoms with Gasteiger partial charge in [-0.05, 0) is 44.5 Å². The summed E-state index contributed by atoms with van der Waals surface area (Å²) in [4.78, 5) is 6.85. The zero-order valence-electron chi connectivity index (χ0n) is 8.87. The number of aromatic nitrogens is 1. The van der Waals surface area contributed by atoms with E-state index in [4.69, 9.17) is 0 Å². The van der Waals surface area contributed by atoms with Gasteiger partial charge in [0.05, 0.1) is 0 Å². The molecule has 0 aliphatic carbocycles. The number of likely N-dealkylation sites (tertiary alicyclic amines) is 1. The Morgan fingerprint density at radius 3 is 2.79 bits per heavy atom. The highest BCUT2D eigenvalue weighted by molar-refractivity contribution is 5.17. The lowest BCUT2D eigenvalue weighted by molar-refractivity contribution is 0.220. The number of piperidine rings is 1. The van der Waals surface area contributed by atoms with E-state index in [1.807, 2.05) is 12.3 Å². The van der Waals surface area contributed by atoms with Crippen molar-refractivity contribution in [2.75, 3.05) is 13.1 Å². The van der Waals surface area contributed by atoms with Crippen LogP contribution in [0.4, 0.5) is 0 Å². The van der Waals surface area contributed by atoms with Crippen LogP contribution in [0.3, 0.4) is 0 Å². The Kier molecular flexibility index (Phi) is 3.14. The zero-order valence-corrected chi connectivity index (χ0v) is 8.87. The molecule has 1 aromatic heterocycles. The molecule has 0 radical (unpaired) electrons. The van der Waals surface area contributed by atoms with Crippen LogP contribution < -0.4 is 0 Å². The van der Waals surface area contributed by atoms with Crippen molar-refractivity contribution in [3.05, 3.63) is 29.6 Å². The Bertz CT molecular complexity index is 290. The van der Waals surface area contributed by atoms with Gasteiger partial charge in [0.25, 0.3) is 0 Å². The van der Waals surface area contributed by atoms with Crippen LogP contribution in [0.2, 0.25) is 0 Å². The summed E-state index contributed by atoms with van der Waals surface area (Å²) in [5.41, 5.74) is 2.56. The molecular weight excluding hydrogens is 172 g/mol. The molecule has 0 amide bonds. The van der Waals surface area contributed by atoms with Crippen molar-refractivity contribution in [3.63, 3.8) is 0 Å². The summed E-state index contributed by atoms with van der Waals surface area (Å²) in [7, 11) is 0. The minimum atomic E-state index is 1.08. The van der Waals surface area contributed by atoms with Gasteiger partial charge in [-0.15, -0.1) is 0 Å². The zero-order chi connectivity index (χ0) is 9.80. The van der Waals surface area contributed by atoms with Crippen molar-refractivity contribution in [1.29, 1.82) is 0 Å². The highest BCUT2D eigenvalue weighted by atomic mass is 15.1. The van der Waals surface area contributed by atoms with Gasteiger partial charge in [-0.25, -0.2) is 0 Å². The first-order valence-electron chi connectivity index (χ1n) is 5.49. The number of aryl methyl sites for hydroxylation is 1. The summed E-state index contributed by atoms with van der Waals surface area (Å²) in [6.07, 6.45) is 6.00. The molecular formula is C12H18N2. The van der Waals surface area contributed by atoms with Gasteiger partial charge < -0.3 is 0 Å². The highest BCUT2D eigenvalue weighted by Gasteiger charge is 2.11. The van der Waals surface area contributed by atoms with Gasteiger partial charge in [0.2, 0.25) is 0 Å². The number of pyridine rings is 1. The van der Waals surface area contributed by atoms with E-state index in [0.717, 1.165) is 6.54 Å². The molecule has 1 saturated heterocycles. The lowest BCUT2D eigenvalue weighted by atomic mass is 10.1. The van der Waals surface area contributed by atoms with E-state index in [1.165, 1.54) is 43.6 Å². The van der Waals surface area contributed by atoms with E-state index in [2.05, 4.69) is 22.9 Å². The second-order valence-electron chi connectivity index (χ2n) is 4.08. The molecule has 0 atom stereocenters. The maximum atomic E-state index is 4.32. The number of hydrogen-bond donors (Lipinski definition) is 0. The van der Waals surface area contributed by atoms with Crippen LogP contribution in [0.25, 0.3) is 0 Å². The third-order valence-electron chi connectivity index (χ3n) is 2.96. The van der Waals surface area contributed by atoms with Crippen LogP contribution in [-0.2, 0) is 6.54 Å². The third-order valence-corrected chi connectivity index (χ3v) is 2.96. The topological polar surface area (TPSA) is 16.1 Å². The molecule has 2 nitrogen and oxygen atoms in total. The van der Waals surface area contributed by atoms with E-state index in [1.54, 1.807) is 0 Å². The van der Waals surface area contributed by atoms with E-state index >= 15 is 0 Å². The van der Waals surface area contributed by atoms with Crippen LogP contribution in [0.15, 0.2) is 18.3 Å². The van der Waals surface area contributed by atoms with Gasteiger partial charge in [-0.2, -0.15) is 0 Å². The van der Waals surface area contributed by atoms with Crippen LogP contribution in [-0.4, -0.2) is 23.0 Å². The van der Waals surface area contributed by atoms with Gasteiger partial charge in [-0.1, -0.05) is 12.5 Å². The quantitative estimate of drug-likeness (QED) is 0.711. The number of rotatable bonds is 2. The van der Waals surface area contributed by atoms with Gasteiger partial charge >= 0.3 is 0 Å². The molecule has 1 aliphatic heterocycles. The van der Waals surface area contributed by atoms with Crippen molar-refractivity contribution in [2.24, 2.45) is 0 Å². The van der Waals surface area contributed by atoms with E-state index in [-0.39, 0.29) is 0 Å². The molecule has 0 unspecified atom stereocenters. The molecule has 2 heteroatoms. The highest BCUT2D eigenvalue weighted by Crippen LogP contribution is 2.13. The smallest absolute Gasteiger partial charge is 0.0417 e. The van der Waals surface area contributed by atoms with E-state index < -0.39 is 0 Å². The van der Waals surface area contributed by atoms with Crippen LogP contribution in [0.1, 0.15) is 30.5 Å². The average molecular weight is 190 g/mol. The lowest BCUT2D eigenvalue weighted by Crippen LogP contribution is -2.29. The molecule has 2 heterocycles. The fourth-order valence-corrected chi connectivity index (χ4v) is 2.04. The summed E-state index contributed by atoms with van der Waals surface area (Å²) in [5.74, 6) is 0. The third kappa shape index (κ3) is 2.32. The van der Waals surface area contributed by atoms with Gasteiger partial charge in [0, 0.05) is 18.4 Å². The largest absolute Gasteiger partial charge is 0.299 e. The van der Waals surface area contributed by atoms with Crippen molar-refractivity contribution in [3.8, 4) is 0 Å². The Labute approximate surface area is 86.0 Å². The SMILES string of the molecule is Cc1ncccc1CN1CCCCC1. The first-order chi connectivity index (χ1) is 6.86. The molecule has 2 rings (SSSR count). The Hall–Kier alpha value is -0.890. The monoisotopic (exact) mass is 190 g/mol. The second-order valence-corrected chi connectivity index (χ2v) is 4.08. The standard InChI is InChI=1S/C12H18N2/c1-11-12(6-5-7-13-11)10-14-8-3-2-4-9-14/h5-7H,2-4,8-10H2,1H3. The van der Waals surface area contributed by atoms with E-state index in [9.17, 15) is 0 Å². The molecule has 0 spiro atoms. The lowest BCUT2D eigenvalue weighted by Gasteiger charge is -2.26. The Balaban J connectivity index is 1.99. The second kappa shape index (κ2) is 4.56. The normalized spacial score (nSPS) is 18.4. The van der Waals surface area contributed by atoms with Crippen molar-refractivity contribution < 1.29 is 0 Å². The average Bonchev–Trinajstić information content (AvgIpc) is 2.23. The molecule has 76 valence electrons. The number of hydrogen-bond acceptors (Lipinski definition) is 2. The Morgan fingerprint density at radius 1 is 1.29 bits per heavy atom. The predicted octanol–water partition coefficient (Wildman–Crippen LogP) is 2.38. The van der Waals surface area contributed by atoms with Gasteiger partial charge in [-0.3, -0.25) is 9.88 Å². The number of nitrogens with zero attached hydrogens (tertiary/aromatic N) is 2. The molecule has 0 saturated carbocycles. The fourth-order valence-electron chi connectivity index (χ4n) is 2.04. The minimum Gasteiger partial charge on any atom is -0.299 e. The first kappa shape index (κ1) is 9.66. The van der Waals surface area contributed by atoms with Crippen molar-refractivity contribution in [2.45, 2.75) is 32.7 Å². The maximum Gasteiger partial charge on any atom is 0.0417 e. The van der Waals surface area contributed by atoms with Crippen molar-refractivity contribution in [1.82, 2.24) is 9.88 Å². The summed E-state index contributed by atoms with van der Waals surface area (Å²) in [6.45, 7) is 5.70. The van der Waals surface area contributed by atoms with Crippen LogP contribution >= 0.6 is 0 Å². The summed E-state index contributed by atoms with van der Waals surface area (Å²) in [6, 6.07) is 4.23. The minimum absolute atomic E-state index is 1.08. The predicted molar refractivity (Wildman–Crippen MR) is 58.1 cm³/mol. The summed E-state index contributed by atoms with van der Waals surface area (Å²) < 4.78 is 0. The molecule has 1 fully saturated rings. The molecule has 1 aliphatic rings. The maximum absolute atomic E-state index is 4.32. The first-order valence-corrected chi connectivity index (χ1v) is 5.49. The molecule has 0 N–H and O–H groups in total. The van der Waals surface area contributed by atoms with Gasteiger partial charge in [0.1, 0.15) is 0 Å². The van der Waals surface area contributed by atoms with Crippen LogP contribution in [0.5, 0.6) is 0 Å². The van der Waals surface area contributed by atoms with Crippen LogP contribution in [0, 0.1) is 6.92 Å². The molecule has 14 heavy (non-hydrogen) atoms. The van der Waals surface area contributed by atoms with Crippen molar-refractivity contribution >= 4 is 0 Å².